The van der Waals surface area contributed by atoms with E-state index in [2.05, 4.69) is 16.7 Å². The lowest BCUT2D eigenvalue weighted by molar-refractivity contribution is -0.168. The summed E-state index contributed by atoms with van der Waals surface area (Å²) in [5, 5.41) is 10.8. The third kappa shape index (κ3) is 3.88. The lowest BCUT2D eigenvalue weighted by atomic mass is 9.94. The number of esters is 1. The number of piperidine rings is 1. The first kappa shape index (κ1) is 16.5. The van der Waals surface area contributed by atoms with E-state index < -0.39 is 11.6 Å². The van der Waals surface area contributed by atoms with E-state index in [-0.39, 0.29) is 6.10 Å². The molecule has 1 aliphatic heterocycles. The molecule has 1 aliphatic rings. The van der Waals surface area contributed by atoms with E-state index in [0.29, 0.717) is 12.0 Å². The van der Waals surface area contributed by atoms with Gasteiger partial charge < -0.3 is 14.7 Å². The topological polar surface area (TPSA) is 49.8 Å². The van der Waals surface area contributed by atoms with Crippen LogP contribution in [0.15, 0.2) is 30.3 Å². The molecule has 0 bridgehead atoms. The summed E-state index contributed by atoms with van der Waals surface area (Å²) >= 11 is 0. The molecule has 0 saturated carbocycles. The molecule has 1 aromatic rings. The molecule has 4 heteroatoms. The minimum absolute atomic E-state index is 0.151. The van der Waals surface area contributed by atoms with Crippen LogP contribution in [-0.4, -0.2) is 42.2 Å². The van der Waals surface area contributed by atoms with Gasteiger partial charge in [0.05, 0.1) is 0 Å². The Morgan fingerprint density at radius 2 is 2.00 bits per heavy atom. The number of rotatable bonds is 3. The minimum Gasteiger partial charge on any atom is -0.459 e. The molecule has 0 amide bonds. The SMILES string of the molecule is CCC#CC(O)(C(=O)OC1CCN(C)CC1)c1ccccc1. The Morgan fingerprint density at radius 1 is 1.36 bits per heavy atom. The van der Waals surface area contributed by atoms with Crippen LogP contribution < -0.4 is 0 Å². The van der Waals surface area contributed by atoms with E-state index in [1.54, 1.807) is 24.3 Å². The number of nitrogens with zero attached hydrogens (tertiary/aromatic N) is 1. The molecule has 1 saturated heterocycles. The Labute approximate surface area is 132 Å². The molecule has 2 rings (SSSR count). The maximum atomic E-state index is 12.5. The first-order valence-corrected chi connectivity index (χ1v) is 7.74. The average Bonchev–Trinajstić information content (AvgIpc) is 2.55. The summed E-state index contributed by atoms with van der Waals surface area (Å²) in [6.07, 6.45) is 1.99. The smallest absolute Gasteiger partial charge is 0.356 e. The van der Waals surface area contributed by atoms with Gasteiger partial charge in [0.2, 0.25) is 5.60 Å². The van der Waals surface area contributed by atoms with Crippen molar-refractivity contribution in [1.29, 1.82) is 0 Å². The van der Waals surface area contributed by atoms with Gasteiger partial charge in [-0.25, -0.2) is 4.79 Å². The molecule has 1 unspecified atom stereocenters. The molecule has 22 heavy (non-hydrogen) atoms. The lowest BCUT2D eigenvalue weighted by Crippen LogP contribution is -2.41. The average molecular weight is 301 g/mol. The fraction of sp³-hybridized carbons (Fsp3) is 0.500. The number of hydrogen-bond donors (Lipinski definition) is 1. The third-order valence-electron chi connectivity index (χ3n) is 3.87. The predicted octanol–water partition coefficient (Wildman–Crippen LogP) is 1.92. The number of aliphatic hydroxyl groups is 1. The van der Waals surface area contributed by atoms with Crippen LogP contribution in [0.5, 0.6) is 0 Å². The summed E-state index contributed by atoms with van der Waals surface area (Å²) in [5.41, 5.74) is -1.44. The second kappa shape index (κ2) is 7.44. The van der Waals surface area contributed by atoms with Gasteiger partial charge in [-0.05, 0) is 19.9 Å². The lowest BCUT2D eigenvalue weighted by Gasteiger charge is -2.30. The van der Waals surface area contributed by atoms with Crippen molar-refractivity contribution < 1.29 is 14.6 Å². The van der Waals surface area contributed by atoms with E-state index in [9.17, 15) is 9.90 Å². The summed E-state index contributed by atoms with van der Waals surface area (Å²) in [4.78, 5) is 14.7. The van der Waals surface area contributed by atoms with Crippen LogP contribution >= 0.6 is 0 Å². The third-order valence-corrected chi connectivity index (χ3v) is 3.87. The molecule has 1 aromatic carbocycles. The highest BCUT2D eigenvalue weighted by Crippen LogP contribution is 2.24. The minimum atomic E-state index is -1.89. The summed E-state index contributed by atoms with van der Waals surface area (Å²) in [6.45, 7) is 3.66. The highest BCUT2D eigenvalue weighted by Gasteiger charge is 2.39. The van der Waals surface area contributed by atoms with Crippen molar-refractivity contribution in [3.05, 3.63) is 35.9 Å². The molecule has 0 aromatic heterocycles. The highest BCUT2D eigenvalue weighted by atomic mass is 16.6. The Kier molecular flexibility index (Phi) is 5.59. The first-order chi connectivity index (χ1) is 10.6. The second-order valence-corrected chi connectivity index (χ2v) is 5.64. The van der Waals surface area contributed by atoms with Gasteiger partial charge in [-0.1, -0.05) is 49.1 Å². The van der Waals surface area contributed by atoms with E-state index in [1.807, 2.05) is 20.0 Å². The predicted molar refractivity (Wildman–Crippen MR) is 85.0 cm³/mol. The van der Waals surface area contributed by atoms with Crippen molar-refractivity contribution in [2.24, 2.45) is 0 Å². The van der Waals surface area contributed by atoms with E-state index in [0.717, 1.165) is 25.9 Å². The Bertz CT molecular complexity index is 553. The maximum absolute atomic E-state index is 12.5. The van der Waals surface area contributed by atoms with Crippen LogP contribution in [-0.2, 0) is 15.1 Å². The van der Waals surface area contributed by atoms with Crippen molar-refractivity contribution in [2.45, 2.75) is 37.9 Å². The van der Waals surface area contributed by atoms with Crippen molar-refractivity contribution in [3.8, 4) is 11.8 Å². The van der Waals surface area contributed by atoms with Crippen LogP contribution in [0.3, 0.4) is 0 Å². The van der Waals surface area contributed by atoms with Gasteiger partial charge in [0.15, 0.2) is 0 Å². The van der Waals surface area contributed by atoms with Gasteiger partial charge in [0.25, 0.3) is 0 Å². The molecule has 1 heterocycles. The Morgan fingerprint density at radius 3 is 2.59 bits per heavy atom. The molecule has 0 radical (unpaired) electrons. The number of likely N-dealkylation sites (tertiary alicyclic amines) is 1. The number of ether oxygens (including phenoxy) is 1. The van der Waals surface area contributed by atoms with Crippen LogP contribution in [0.2, 0.25) is 0 Å². The normalized spacial score (nSPS) is 18.9. The zero-order valence-corrected chi connectivity index (χ0v) is 13.2. The summed E-state index contributed by atoms with van der Waals surface area (Å²) in [7, 11) is 2.05. The molecular formula is C18H23NO3. The van der Waals surface area contributed by atoms with Crippen molar-refractivity contribution in [2.75, 3.05) is 20.1 Å². The fourth-order valence-electron chi connectivity index (χ4n) is 2.48. The van der Waals surface area contributed by atoms with Gasteiger partial charge in [0.1, 0.15) is 6.10 Å². The fourth-order valence-corrected chi connectivity index (χ4v) is 2.48. The molecule has 1 atom stereocenters. The number of hydrogen-bond acceptors (Lipinski definition) is 4. The molecule has 118 valence electrons. The van der Waals surface area contributed by atoms with E-state index in [1.165, 1.54) is 0 Å². The van der Waals surface area contributed by atoms with Crippen molar-refractivity contribution in [3.63, 3.8) is 0 Å². The molecule has 0 aliphatic carbocycles. The van der Waals surface area contributed by atoms with E-state index in [4.69, 9.17) is 4.74 Å². The molecule has 1 fully saturated rings. The van der Waals surface area contributed by atoms with Gasteiger partial charge in [-0.3, -0.25) is 0 Å². The van der Waals surface area contributed by atoms with Crippen molar-refractivity contribution in [1.82, 2.24) is 4.90 Å². The standard InChI is InChI=1S/C18H23NO3/c1-3-4-12-18(21,15-8-6-5-7-9-15)17(20)22-16-10-13-19(2)14-11-16/h5-9,16,21H,3,10-11,13-14H2,1-2H3. The maximum Gasteiger partial charge on any atom is 0.356 e. The van der Waals surface area contributed by atoms with Crippen LogP contribution in [0, 0.1) is 11.8 Å². The van der Waals surface area contributed by atoms with Gasteiger partial charge in [-0.15, -0.1) is 0 Å². The van der Waals surface area contributed by atoms with Gasteiger partial charge >= 0.3 is 5.97 Å². The first-order valence-electron chi connectivity index (χ1n) is 7.74. The summed E-state index contributed by atoms with van der Waals surface area (Å²) in [6, 6.07) is 8.77. The van der Waals surface area contributed by atoms with Gasteiger partial charge in [-0.2, -0.15) is 0 Å². The Hall–Kier alpha value is -1.83. The largest absolute Gasteiger partial charge is 0.459 e. The molecule has 4 nitrogen and oxygen atoms in total. The van der Waals surface area contributed by atoms with Crippen molar-refractivity contribution >= 4 is 5.97 Å². The summed E-state index contributed by atoms with van der Waals surface area (Å²) < 4.78 is 5.54. The Balaban J connectivity index is 2.17. The molecule has 0 spiro atoms. The second-order valence-electron chi connectivity index (χ2n) is 5.64. The molecule has 1 N–H and O–H groups in total. The zero-order valence-electron chi connectivity index (χ0n) is 13.2. The van der Waals surface area contributed by atoms with E-state index >= 15 is 0 Å². The summed E-state index contributed by atoms with van der Waals surface area (Å²) in [5.74, 6) is 4.81. The monoisotopic (exact) mass is 301 g/mol. The van der Waals surface area contributed by atoms with Gasteiger partial charge in [0, 0.05) is 25.1 Å². The van der Waals surface area contributed by atoms with Crippen LogP contribution in [0.1, 0.15) is 31.7 Å². The van der Waals surface area contributed by atoms with Crippen LogP contribution in [0.4, 0.5) is 0 Å². The number of benzene rings is 1. The quantitative estimate of drug-likeness (QED) is 0.684. The molecular weight excluding hydrogens is 278 g/mol. The van der Waals surface area contributed by atoms with Crippen LogP contribution in [0.25, 0.3) is 0 Å². The highest BCUT2D eigenvalue weighted by molar-refractivity contribution is 5.85. The number of carbonyl (C=O) groups excluding carboxylic acids is 1. The number of carbonyl (C=O) groups is 1. The zero-order chi connectivity index (χ0) is 16.0.